The van der Waals surface area contributed by atoms with Crippen LogP contribution in [0.5, 0.6) is 0 Å². The number of aromatic nitrogens is 1. The second kappa shape index (κ2) is 10.5. The van der Waals surface area contributed by atoms with Crippen LogP contribution in [0.2, 0.25) is 16.6 Å². The highest BCUT2D eigenvalue weighted by Gasteiger charge is 2.58. The maximum atomic E-state index is 13.1. The highest BCUT2D eigenvalue weighted by atomic mass is 28.4. The molecule has 0 spiro atoms. The van der Waals surface area contributed by atoms with Crippen molar-refractivity contribution >= 4 is 20.3 Å². The van der Waals surface area contributed by atoms with Crippen molar-refractivity contribution in [1.82, 2.24) is 9.88 Å². The maximum Gasteiger partial charge on any atom is 0.417 e. The molecule has 30 heavy (non-hydrogen) atoms. The highest BCUT2D eigenvalue weighted by Crippen LogP contribution is 2.47. The summed E-state index contributed by atoms with van der Waals surface area (Å²) in [5.41, 5.74) is 1.88. The lowest BCUT2D eigenvalue weighted by atomic mass is 9.92. The third-order valence-electron chi connectivity index (χ3n) is 6.30. The number of β-lactam (4-membered cyclic amide) rings is 1. The van der Waals surface area contributed by atoms with Gasteiger partial charge in [-0.2, -0.15) is 0 Å². The third kappa shape index (κ3) is 4.77. The lowest BCUT2D eigenvalue weighted by molar-refractivity contribution is -0.161. The van der Waals surface area contributed by atoms with Crippen LogP contribution in [-0.4, -0.2) is 42.9 Å². The van der Waals surface area contributed by atoms with Crippen molar-refractivity contribution in [2.75, 3.05) is 6.61 Å². The molecule has 1 aromatic heterocycles. The Kier molecular flexibility index (Phi) is 8.61. The van der Waals surface area contributed by atoms with Crippen molar-refractivity contribution in [2.24, 2.45) is 0 Å². The van der Waals surface area contributed by atoms with Gasteiger partial charge in [0.05, 0.1) is 6.61 Å². The molecule has 0 aliphatic carbocycles. The largest absolute Gasteiger partial charge is 0.449 e. The van der Waals surface area contributed by atoms with Gasteiger partial charge in [0.2, 0.25) is 8.32 Å². The van der Waals surface area contributed by atoms with E-state index in [0.29, 0.717) is 23.2 Å². The molecule has 2 rings (SSSR count). The van der Waals surface area contributed by atoms with E-state index in [0.717, 1.165) is 24.8 Å². The number of ether oxygens (including phenoxy) is 1. The summed E-state index contributed by atoms with van der Waals surface area (Å²) >= 11 is 0. The van der Waals surface area contributed by atoms with Crippen molar-refractivity contribution in [3.05, 3.63) is 30.1 Å². The van der Waals surface area contributed by atoms with E-state index in [1.807, 2.05) is 12.1 Å². The number of likely N-dealkylation sites (tertiary alicyclic amines) is 1. The van der Waals surface area contributed by atoms with Crippen molar-refractivity contribution in [1.29, 1.82) is 0 Å². The zero-order chi connectivity index (χ0) is 22.5. The summed E-state index contributed by atoms with van der Waals surface area (Å²) in [4.78, 5) is 31.2. The second-order valence-corrected chi connectivity index (χ2v) is 14.5. The lowest BCUT2D eigenvalue weighted by Gasteiger charge is -2.51. The Labute approximate surface area is 182 Å². The fourth-order valence-electron chi connectivity index (χ4n) is 4.87. The fraction of sp³-hybridized carbons (Fsp3) is 0.696. The van der Waals surface area contributed by atoms with Crippen LogP contribution in [0.3, 0.4) is 0 Å². The van der Waals surface area contributed by atoms with Gasteiger partial charge in [0, 0.05) is 12.4 Å². The molecular formula is C23H38N2O4Si. The van der Waals surface area contributed by atoms with Crippen molar-refractivity contribution in [3.63, 3.8) is 0 Å². The molecule has 6 nitrogen and oxygen atoms in total. The summed E-state index contributed by atoms with van der Waals surface area (Å²) in [6.45, 7) is 15.6. The molecule has 1 saturated heterocycles. The molecule has 168 valence electrons. The molecule has 2 unspecified atom stereocenters. The van der Waals surface area contributed by atoms with Gasteiger partial charge in [-0.1, -0.05) is 61.3 Å². The standard InChI is InChI=1S/C23H38N2O4Si/c1-8-9-10-15-28-23(27)25-20(19-11-13-24-14-12-19)21(22(25)26)29-30(16(2)3,17(4)5)18(6)7/h11-14,16-18,20-21H,8-10,15H2,1-7H3. The van der Waals surface area contributed by atoms with E-state index in [1.165, 1.54) is 4.90 Å². The van der Waals surface area contributed by atoms with E-state index in [4.69, 9.17) is 9.16 Å². The zero-order valence-corrected chi connectivity index (χ0v) is 20.6. The Morgan fingerprint density at radius 3 is 2.13 bits per heavy atom. The average molecular weight is 435 g/mol. The summed E-state index contributed by atoms with van der Waals surface area (Å²) in [6.07, 6.45) is 4.95. The van der Waals surface area contributed by atoms with E-state index < -0.39 is 26.6 Å². The Hall–Kier alpha value is -1.73. The van der Waals surface area contributed by atoms with Gasteiger partial charge < -0.3 is 9.16 Å². The minimum Gasteiger partial charge on any atom is -0.449 e. The van der Waals surface area contributed by atoms with Gasteiger partial charge in [0.25, 0.3) is 5.91 Å². The first-order valence-electron chi connectivity index (χ1n) is 11.3. The van der Waals surface area contributed by atoms with Crippen LogP contribution >= 0.6 is 0 Å². The Balaban J connectivity index is 2.30. The molecule has 1 fully saturated rings. The molecule has 0 aromatic carbocycles. The van der Waals surface area contributed by atoms with Crippen LogP contribution in [0, 0.1) is 0 Å². The van der Waals surface area contributed by atoms with Gasteiger partial charge in [-0.3, -0.25) is 9.78 Å². The Morgan fingerprint density at radius 1 is 1.07 bits per heavy atom. The number of unbranched alkanes of at least 4 members (excludes halogenated alkanes) is 2. The number of rotatable bonds is 10. The topological polar surface area (TPSA) is 68.7 Å². The van der Waals surface area contributed by atoms with Crippen LogP contribution < -0.4 is 0 Å². The number of pyridine rings is 1. The molecule has 0 saturated carbocycles. The Morgan fingerprint density at radius 2 is 1.63 bits per heavy atom. The quantitative estimate of drug-likeness (QED) is 0.262. The highest BCUT2D eigenvalue weighted by molar-refractivity contribution is 6.77. The van der Waals surface area contributed by atoms with E-state index in [9.17, 15) is 9.59 Å². The van der Waals surface area contributed by atoms with Gasteiger partial charge in [-0.25, -0.2) is 9.69 Å². The van der Waals surface area contributed by atoms with Crippen molar-refractivity contribution < 1.29 is 18.8 Å². The van der Waals surface area contributed by atoms with Crippen LogP contribution in [0.1, 0.15) is 79.3 Å². The molecule has 1 aliphatic heterocycles. The summed E-state index contributed by atoms with van der Waals surface area (Å²) in [6, 6.07) is 3.21. The van der Waals surface area contributed by atoms with E-state index in [-0.39, 0.29) is 5.91 Å². The molecule has 0 bridgehead atoms. The normalized spacial score (nSPS) is 19.5. The minimum absolute atomic E-state index is 0.295. The van der Waals surface area contributed by atoms with Crippen molar-refractivity contribution in [3.8, 4) is 0 Å². The monoisotopic (exact) mass is 434 g/mol. The molecule has 0 radical (unpaired) electrons. The van der Waals surface area contributed by atoms with Gasteiger partial charge >= 0.3 is 6.09 Å². The molecule has 7 heteroatoms. The lowest BCUT2D eigenvalue weighted by Crippen LogP contribution is -2.66. The summed E-state index contributed by atoms with van der Waals surface area (Å²) < 4.78 is 12.2. The first-order chi connectivity index (χ1) is 14.2. The van der Waals surface area contributed by atoms with Crippen LogP contribution in [-0.2, 0) is 14.0 Å². The molecular weight excluding hydrogens is 396 g/mol. The number of nitrogens with zero attached hydrogens (tertiary/aromatic N) is 2. The number of amides is 2. The second-order valence-electron chi connectivity index (χ2n) is 9.11. The number of carbonyl (C=O) groups is 2. The molecule has 1 aliphatic rings. The first kappa shape index (κ1) is 24.5. The van der Waals surface area contributed by atoms with E-state index >= 15 is 0 Å². The predicted molar refractivity (Wildman–Crippen MR) is 121 cm³/mol. The molecule has 2 heterocycles. The summed E-state index contributed by atoms with van der Waals surface area (Å²) in [7, 11) is -2.29. The average Bonchev–Trinajstić information content (AvgIpc) is 2.69. The maximum absolute atomic E-state index is 13.1. The Bertz CT molecular complexity index is 687. The van der Waals surface area contributed by atoms with Gasteiger partial charge in [-0.05, 0) is 40.7 Å². The van der Waals surface area contributed by atoms with Gasteiger partial charge in [0.1, 0.15) is 6.04 Å². The number of carbonyl (C=O) groups excluding carboxylic acids is 2. The van der Waals surface area contributed by atoms with Crippen molar-refractivity contribution in [2.45, 2.75) is 96.5 Å². The summed E-state index contributed by atoms with van der Waals surface area (Å²) in [5, 5.41) is 0. The molecule has 1 aromatic rings. The predicted octanol–water partition coefficient (Wildman–Crippen LogP) is 5.85. The van der Waals surface area contributed by atoms with Gasteiger partial charge in [-0.15, -0.1) is 0 Å². The molecule has 2 amide bonds. The number of hydrogen-bond acceptors (Lipinski definition) is 5. The number of hydrogen-bond donors (Lipinski definition) is 0. The molecule has 0 N–H and O–H groups in total. The van der Waals surface area contributed by atoms with Crippen LogP contribution in [0.4, 0.5) is 4.79 Å². The fourth-order valence-corrected chi connectivity index (χ4v) is 10.4. The van der Waals surface area contributed by atoms with E-state index in [1.54, 1.807) is 12.4 Å². The smallest absolute Gasteiger partial charge is 0.417 e. The van der Waals surface area contributed by atoms with Crippen LogP contribution in [0.25, 0.3) is 0 Å². The molecule has 2 atom stereocenters. The van der Waals surface area contributed by atoms with E-state index in [2.05, 4.69) is 53.5 Å². The third-order valence-corrected chi connectivity index (χ3v) is 12.4. The minimum atomic E-state index is -2.29. The first-order valence-corrected chi connectivity index (χ1v) is 13.4. The van der Waals surface area contributed by atoms with Gasteiger partial charge in [0.15, 0.2) is 6.10 Å². The summed E-state index contributed by atoms with van der Waals surface area (Å²) in [5.74, 6) is -0.295. The number of imide groups is 1. The van der Waals surface area contributed by atoms with Crippen LogP contribution in [0.15, 0.2) is 24.5 Å². The SMILES string of the molecule is CCCCCOC(=O)N1C(=O)C(O[Si](C(C)C)(C(C)C)C(C)C)C1c1ccncc1. The zero-order valence-electron chi connectivity index (χ0n) is 19.6.